The van der Waals surface area contributed by atoms with Crippen LogP contribution < -0.4 is 0 Å². The van der Waals surface area contributed by atoms with Crippen LogP contribution in [-0.4, -0.2) is 85.0 Å². The number of ether oxygens (including phenoxy) is 3. The molecule has 7 unspecified atom stereocenters. The largest absolute Gasteiger partial charge is 0.394 e. The van der Waals surface area contributed by atoms with Crippen molar-refractivity contribution >= 4 is 0 Å². The van der Waals surface area contributed by atoms with Gasteiger partial charge in [0.2, 0.25) is 0 Å². The Morgan fingerprint density at radius 3 is 1.75 bits per heavy atom. The molecule has 7 nitrogen and oxygen atoms in total. The molecule has 32 heavy (non-hydrogen) atoms. The van der Waals surface area contributed by atoms with E-state index < -0.39 is 0 Å². The van der Waals surface area contributed by atoms with E-state index in [9.17, 15) is 15.3 Å². The van der Waals surface area contributed by atoms with Gasteiger partial charge >= 0.3 is 0 Å². The van der Waals surface area contributed by atoms with E-state index in [1.165, 1.54) is 0 Å². The Hall–Kier alpha value is -0.280. The predicted octanol–water partition coefficient (Wildman–Crippen LogP) is 3.30. The maximum Gasteiger partial charge on any atom is 0.0832 e. The lowest BCUT2D eigenvalue weighted by molar-refractivity contribution is -0.0524. The Morgan fingerprint density at radius 1 is 0.812 bits per heavy atom. The number of aliphatic hydroxyl groups excluding tert-OH is 4. The van der Waals surface area contributed by atoms with Gasteiger partial charge in [-0.3, -0.25) is 0 Å². The van der Waals surface area contributed by atoms with Gasteiger partial charge in [-0.1, -0.05) is 13.8 Å². The molecule has 2 aliphatic carbocycles. The first-order valence-electron chi connectivity index (χ1n) is 12.7. The lowest BCUT2D eigenvalue weighted by Gasteiger charge is -2.32. The van der Waals surface area contributed by atoms with Gasteiger partial charge in [-0.25, -0.2) is 0 Å². The molecule has 2 aliphatic rings. The van der Waals surface area contributed by atoms with Crippen molar-refractivity contribution in [1.29, 1.82) is 0 Å². The van der Waals surface area contributed by atoms with E-state index in [1.54, 1.807) is 14.2 Å². The van der Waals surface area contributed by atoms with Crippen LogP contribution >= 0.6 is 0 Å². The molecule has 0 saturated heterocycles. The van der Waals surface area contributed by atoms with Crippen molar-refractivity contribution in [1.82, 2.24) is 0 Å². The molecule has 0 aromatic heterocycles. The van der Waals surface area contributed by atoms with Crippen molar-refractivity contribution in [2.75, 3.05) is 34.0 Å². The van der Waals surface area contributed by atoms with Crippen LogP contribution in [0.15, 0.2) is 0 Å². The molecule has 7 atom stereocenters. The topological polar surface area (TPSA) is 109 Å². The van der Waals surface area contributed by atoms with Crippen LogP contribution in [0.5, 0.6) is 0 Å². The molecule has 2 rings (SSSR count). The molecule has 7 heteroatoms. The van der Waals surface area contributed by atoms with Crippen molar-refractivity contribution in [3.05, 3.63) is 0 Å². The molecule has 0 radical (unpaired) electrons. The summed E-state index contributed by atoms with van der Waals surface area (Å²) in [4.78, 5) is 0. The van der Waals surface area contributed by atoms with Crippen LogP contribution in [0, 0.1) is 11.8 Å². The number of hydrogen-bond acceptors (Lipinski definition) is 7. The zero-order valence-corrected chi connectivity index (χ0v) is 21.2. The molecule has 2 saturated carbocycles. The fourth-order valence-electron chi connectivity index (χ4n) is 4.54. The minimum absolute atomic E-state index is 0.00255. The van der Waals surface area contributed by atoms with E-state index in [2.05, 4.69) is 0 Å². The van der Waals surface area contributed by atoms with Crippen LogP contribution in [0.4, 0.5) is 0 Å². The lowest BCUT2D eigenvalue weighted by Crippen LogP contribution is -2.35. The number of methoxy groups -OCH3 is 2. The van der Waals surface area contributed by atoms with Gasteiger partial charge in [0.05, 0.1) is 43.7 Å². The van der Waals surface area contributed by atoms with Gasteiger partial charge in [0.1, 0.15) is 0 Å². The number of hydrogen-bond donors (Lipinski definition) is 4. The van der Waals surface area contributed by atoms with Crippen LogP contribution in [0.2, 0.25) is 0 Å². The maximum absolute atomic E-state index is 9.65. The fraction of sp³-hybridized carbons (Fsp3) is 1.00. The zero-order chi connectivity index (χ0) is 24.4. The maximum atomic E-state index is 9.65. The Bertz CT molecular complexity index is 408. The Labute approximate surface area is 196 Å². The average Bonchev–Trinajstić information content (AvgIpc) is 2.81. The molecule has 0 bridgehead atoms. The summed E-state index contributed by atoms with van der Waals surface area (Å²) in [6.07, 6.45) is 9.01. The van der Waals surface area contributed by atoms with Crippen LogP contribution in [0.3, 0.4) is 0 Å². The van der Waals surface area contributed by atoms with Crippen LogP contribution in [0.25, 0.3) is 0 Å². The molecule has 0 aliphatic heterocycles. The summed E-state index contributed by atoms with van der Waals surface area (Å²) in [5.74, 6) is 1.25. The summed E-state index contributed by atoms with van der Waals surface area (Å²) >= 11 is 0. The Morgan fingerprint density at radius 2 is 1.31 bits per heavy atom. The molecular formula is C25H52O7. The summed E-state index contributed by atoms with van der Waals surface area (Å²) in [5.41, 5.74) is 0. The zero-order valence-electron chi connectivity index (χ0n) is 21.2. The first-order chi connectivity index (χ1) is 15.4. The summed E-state index contributed by atoms with van der Waals surface area (Å²) in [7, 11) is 3.32. The fourth-order valence-corrected chi connectivity index (χ4v) is 4.54. The van der Waals surface area contributed by atoms with Crippen molar-refractivity contribution in [3.63, 3.8) is 0 Å². The van der Waals surface area contributed by atoms with Crippen molar-refractivity contribution in [2.45, 2.75) is 115 Å². The van der Waals surface area contributed by atoms with Gasteiger partial charge < -0.3 is 34.6 Å². The second-order valence-electron chi connectivity index (χ2n) is 8.95. The summed E-state index contributed by atoms with van der Waals surface area (Å²) in [5, 5.41) is 37.0. The lowest BCUT2D eigenvalue weighted by atomic mass is 9.82. The standard InChI is InChI=1S/C12H24O4.C11H22O3.C2H6/c1-15-12-9-10(4-5-11(12)14)3-2-7-16-8-6-13;1-8(12)3-4-9-5-6-10(13)11(7-9)14-2;1-2/h10-14H,2-9H2,1H3;8-13H,3-7H2,1-2H3;1-2H3. The van der Waals surface area contributed by atoms with Crippen LogP contribution in [-0.2, 0) is 14.2 Å². The highest BCUT2D eigenvalue weighted by molar-refractivity contribution is 4.81. The minimum atomic E-state index is -0.289. The van der Waals surface area contributed by atoms with E-state index in [0.29, 0.717) is 18.4 Å². The molecule has 0 aromatic carbocycles. The highest BCUT2D eigenvalue weighted by atomic mass is 16.5. The first-order valence-corrected chi connectivity index (χ1v) is 12.7. The molecule has 0 spiro atoms. The highest BCUT2D eigenvalue weighted by Gasteiger charge is 2.29. The SMILES string of the molecule is CC.COC1CC(CCC(C)O)CCC1O.COC1CC(CCCOCCO)CCC1O. The van der Waals surface area contributed by atoms with E-state index >= 15 is 0 Å². The number of rotatable bonds is 11. The second-order valence-corrected chi connectivity index (χ2v) is 8.95. The van der Waals surface area contributed by atoms with Gasteiger partial charge in [0.15, 0.2) is 0 Å². The molecule has 194 valence electrons. The van der Waals surface area contributed by atoms with Crippen LogP contribution in [0.1, 0.15) is 85.0 Å². The van der Waals surface area contributed by atoms with Gasteiger partial charge in [0, 0.05) is 20.8 Å². The smallest absolute Gasteiger partial charge is 0.0832 e. The van der Waals surface area contributed by atoms with E-state index in [-0.39, 0.29) is 37.1 Å². The molecule has 0 amide bonds. The van der Waals surface area contributed by atoms with Gasteiger partial charge in [-0.15, -0.1) is 0 Å². The van der Waals surface area contributed by atoms with Gasteiger partial charge in [-0.2, -0.15) is 0 Å². The summed E-state index contributed by atoms with van der Waals surface area (Å²) in [6, 6.07) is 0. The predicted molar refractivity (Wildman–Crippen MR) is 128 cm³/mol. The molecule has 0 aromatic rings. The molecule has 2 fully saturated rings. The van der Waals surface area contributed by atoms with Gasteiger partial charge in [-0.05, 0) is 83.0 Å². The first kappa shape index (κ1) is 31.7. The molecule has 4 N–H and O–H groups in total. The Kier molecular flexibility index (Phi) is 19.9. The molecular weight excluding hydrogens is 412 g/mol. The summed E-state index contributed by atoms with van der Waals surface area (Å²) in [6.45, 7) is 7.08. The van der Waals surface area contributed by atoms with E-state index in [1.807, 2.05) is 20.8 Å². The third-order valence-corrected chi connectivity index (χ3v) is 6.47. The van der Waals surface area contributed by atoms with E-state index in [4.69, 9.17) is 19.3 Å². The average molecular weight is 465 g/mol. The second kappa shape index (κ2) is 20.1. The third kappa shape index (κ3) is 14.1. The Balaban J connectivity index is 0.000000561. The normalized spacial score (nSPS) is 31.0. The minimum Gasteiger partial charge on any atom is -0.394 e. The van der Waals surface area contributed by atoms with Crippen molar-refractivity contribution in [2.24, 2.45) is 11.8 Å². The molecule has 0 heterocycles. The summed E-state index contributed by atoms with van der Waals surface area (Å²) < 4.78 is 15.7. The van der Waals surface area contributed by atoms with Crippen molar-refractivity contribution < 1.29 is 34.6 Å². The van der Waals surface area contributed by atoms with Gasteiger partial charge in [0.25, 0.3) is 0 Å². The van der Waals surface area contributed by atoms with E-state index in [0.717, 1.165) is 70.8 Å². The third-order valence-electron chi connectivity index (χ3n) is 6.47. The van der Waals surface area contributed by atoms with Crippen molar-refractivity contribution in [3.8, 4) is 0 Å². The monoisotopic (exact) mass is 464 g/mol. The highest BCUT2D eigenvalue weighted by Crippen LogP contribution is 2.30. The number of aliphatic hydroxyl groups is 4. The quantitative estimate of drug-likeness (QED) is 0.347.